The molecule has 1 aliphatic heterocycles. The van der Waals surface area contributed by atoms with Crippen LogP contribution in [0.2, 0.25) is 0 Å². The molecule has 0 radical (unpaired) electrons. The van der Waals surface area contributed by atoms with Crippen LogP contribution in [0.4, 0.5) is 11.6 Å². The van der Waals surface area contributed by atoms with Crippen molar-refractivity contribution in [2.75, 3.05) is 18.4 Å². The topological polar surface area (TPSA) is 99.7 Å². The molecule has 3 aromatic rings. The number of carbonyl (C=O) groups excluding carboxylic acids is 1. The van der Waals surface area contributed by atoms with E-state index in [-0.39, 0.29) is 11.8 Å². The lowest BCUT2D eigenvalue weighted by atomic mass is 10.0. The number of H-pyrrole nitrogens is 1. The van der Waals surface area contributed by atoms with Gasteiger partial charge in [-0.05, 0) is 31.6 Å². The molecule has 1 aliphatic rings. The highest BCUT2D eigenvalue weighted by Gasteiger charge is 2.27. The number of carbonyl (C=O) groups is 1. The largest absolute Gasteiger partial charge is 0.345 e. The van der Waals surface area contributed by atoms with Gasteiger partial charge in [0.05, 0.1) is 23.9 Å². The molecule has 1 fully saturated rings. The number of amides is 1. The van der Waals surface area contributed by atoms with E-state index in [9.17, 15) is 4.79 Å². The van der Waals surface area contributed by atoms with Crippen molar-refractivity contribution in [2.24, 2.45) is 0 Å². The lowest BCUT2D eigenvalue weighted by Gasteiger charge is -2.15. The Labute approximate surface area is 162 Å². The van der Waals surface area contributed by atoms with Crippen molar-refractivity contribution >= 4 is 23.6 Å². The van der Waals surface area contributed by atoms with E-state index < -0.39 is 0 Å². The van der Waals surface area contributed by atoms with Gasteiger partial charge in [-0.1, -0.05) is 6.07 Å². The van der Waals surface area contributed by atoms with Gasteiger partial charge in [0.1, 0.15) is 17.5 Å². The number of hydrogen-bond donors (Lipinski definition) is 2. The number of hydrogen-bond acceptors (Lipinski definition) is 6. The van der Waals surface area contributed by atoms with Gasteiger partial charge in [0.15, 0.2) is 0 Å². The molecule has 0 spiro atoms. The molecule has 8 heteroatoms. The summed E-state index contributed by atoms with van der Waals surface area (Å²) in [7, 11) is 0. The molecule has 0 saturated carbocycles. The van der Waals surface area contributed by atoms with E-state index in [1.165, 1.54) is 0 Å². The maximum Gasteiger partial charge on any atom is 0.246 e. The van der Waals surface area contributed by atoms with E-state index in [4.69, 9.17) is 0 Å². The molecule has 1 amide bonds. The van der Waals surface area contributed by atoms with Gasteiger partial charge < -0.3 is 15.2 Å². The lowest BCUT2D eigenvalue weighted by molar-refractivity contribution is -0.124. The molecular weight excluding hydrogens is 354 g/mol. The van der Waals surface area contributed by atoms with Gasteiger partial charge >= 0.3 is 0 Å². The van der Waals surface area contributed by atoms with Crippen LogP contribution in [0, 0.1) is 6.92 Å². The van der Waals surface area contributed by atoms with Crippen LogP contribution in [0.15, 0.2) is 49.1 Å². The lowest BCUT2D eigenvalue weighted by Crippen LogP contribution is -2.26. The number of pyridine rings is 1. The molecule has 142 valence electrons. The second-order valence-corrected chi connectivity index (χ2v) is 6.68. The zero-order valence-electron chi connectivity index (χ0n) is 15.5. The molecule has 1 atom stereocenters. The Balaban J connectivity index is 1.44. The van der Waals surface area contributed by atoms with E-state index in [1.54, 1.807) is 30.9 Å². The average Bonchev–Trinajstić information content (AvgIpc) is 3.39. The number of nitrogens with zero attached hydrogens (tertiary/aromatic N) is 5. The minimum Gasteiger partial charge on any atom is -0.345 e. The Morgan fingerprint density at radius 1 is 1.32 bits per heavy atom. The second kappa shape index (κ2) is 7.99. The molecule has 4 rings (SSSR count). The van der Waals surface area contributed by atoms with Gasteiger partial charge in [-0.25, -0.2) is 19.9 Å². The monoisotopic (exact) mass is 375 g/mol. The molecule has 2 N–H and O–H groups in total. The van der Waals surface area contributed by atoms with Crippen molar-refractivity contribution in [1.29, 1.82) is 0 Å². The standard InChI is InChI=1S/C20H21N7O/c1-14-24-17(10-19(25-14)26-18-4-2-3-8-22-18)15-7-9-27(12-15)20(28)6-5-16-11-21-13-23-16/h2-6,8,10-11,13,15H,7,9,12H2,1H3,(H,21,23)(H,22,24,25,26)/b6-5+/t15-/m1/s1. The van der Waals surface area contributed by atoms with Crippen LogP contribution < -0.4 is 5.32 Å². The normalized spacial score (nSPS) is 16.6. The van der Waals surface area contributed by atoms with Crippen LogP contribution in [0.3, 0.4) is 0 Å². The van der Waals surface area contributed by atoms with Crippen molar-refractivity contribution in [3.8, 4) is 0 Å². The molecule has 0 aliphatic carbocycles. The smallest absolute Gasteiger partial charge is 0.246 e. The van der Waals surface area contributed by atoms with Gasteiger partial charge in [0, 0.05) is 37.3 Å². The van der Waals surface area contributed by atoms with Crippen molar-refractivity contribution in [2.45, 2.75) is 19.3 Å². The molecule has 8 nitrogen and oxygen atoms in total. The third kappa shape index (κ3) is 4.22. The van der Waals surface area contributed by atoms with E-state index in [0.717, 1.165) is 23.6 Å². The molecule has 0 unspecified atom stereocenters. The Hall–Kier alpha value is -3.55. The van der Waals surface area contributed by atoms with Crippen LogP contribution >= 0.6 is 0 Å². The number of anilines is 2. The quantitative estimate of drug-likeness (QED) is 0.665. The second-order valence-electron chi connectivity index (χ2n) is 6.68. The number of aromatic amines is 1. The SMILES string of the molecule is Cc1nc(Nc2ccccn2)cc([C@@H]2CCN(C(=O)/C=C/c3cnc[nH]3)C2)n1. The minimum absolute atomic E-state index is 0.00490. The first-order chi connectivity index (χ1) is 13.7. The van der Waals surface area contributed by atoms with Gasteiger partial charge in [0.2, 0.25) is 5.91 Å². The predicted octanol–water partition coefficient (Wildman–Crippen LogP) is 2.68. The number of likely N-dealkylation sites (tertiary alicyclic amines) is 1. The van der Waals surface area contributed by atoms with Crippen molar-refractivity contribution in [3.05, 3.63) is 66.3 Å². The number of imidazole rings is 1. The maximum absolute atomic E-state index is 12.4. The van der Waals surface area contributed by atoms with Gasteiger partial charge in [0.25, 0.3) is 0 Å². The number of aromatic nitrogens is 5. The molecule has 4 heterocycles. The molecule has 0 aromatic carbocycles. The van der Waals surface area contributed by atoms with Gasteiger partial charge in [-0.2, -0.15) is 0 Å². The Morgan fingerprint density at radius 2 is 2.25 bits per heavy atom. The number of rotatable bonds is 5. The number of aryl methyl sites for hydroxylation is 1. The van der Waals surface area contributed by atoms with E-state index >= 15 is 0 Å². The van der Waals surface area contributed by atoms with Crippen molar-refractivity contribution < 1.29 is 4.79 Å². The van der Waals surface area contributed by atoms with E-state index in [1.807, 2.05) is 36.1 Å². The van der Waals surface area contributed by atoms with E-state index in [0.29, 0.717) is 24.7 Å². The molecule has 1 saturated heterocycles. The van der Waals surface area contributed by atoms with Crippen molar-refractivity contribution in [1.82, 2.24) is 29.8 Å². The fourth-order valence-corrected chi connectivity index (χ4v) is 3.26. The minimum atomic E-state index is -0.00490. The Bertz CT molecular complexity index is 969. The van der Waals surface area contributed by atoms with Crippen LogP contribution in [0.1, 0.15) is 29.6 Å². The Morgan fingerprint density at radius 3 is 3.04 bits per heavy atom. The first kappa shape index (κ1) is 17.8. The highest BCUT2D eigenvalue weighted by molar-refractivity contribution is 5.91. The van der Waals surface area contributed by atoms with E-state index in [2.05, 4.69) is 30.2 Å². The highest BCUT2D eigenvalue weighted by Crippen LogP contribution is 2.28. The third-order valence-corrected chi connectivity index (χ3v) is 4.62. The first-order valence-corrected chi connectivity index (χ1v) is 9.16. The zero-order valence-corrected chi connectivity index (χ0v) is 15.5. The summed E-state index contributed by atoms with van der Waals surface area (Å²) in [6, 6.07) is 7.62. The maximum atomic E-state index is 12.4. The van der Waals surface area contributed by atoms with Crippen LogP contribution in [0.5, 0.6) is 0 Å². The summed E-state index contributed by atoms with van der Waals surface area (Å²) in [6.45, 7) is 3.23. The summed E-state index contributed by atoms with van der Waals surface area (Å²) in [5, 5.41) is 3.22. The summed E-state index contributed by atoms with van der Waals surface area (Å²) < 4.78 is 0. The fourth-order valence-electron chi connectivity index (χ4n) is 3.26. The summed E-state index contributed by atoms with van der Waals surface area (Å²) in [5.41, 5.74) is 1.75. The summed E-state index contributed by atoms with van der Waals surface area (Å²) in [6.07, 6.45) is 9.19. The van der Waals surface area contributed by atoms with Gasteiger partial charge in [-0.15, -0.1) is 0 Å². The summed E-state index contributed by atoms with van der Waals surface area (Å²) >= 11 is 0. The predicted molar refractivity (Wildman–Crippen MR) is 106 cm³/mol. The van der Waals surface area contributed by atoms with Gasteiger partial charge in [-0.3, -0.25) is 4.79 Å². The van der Waals surface area contributed by atoms with Crippen LogP contribution in [-0.2, 0) is 4.79 Å². The third-order valence-electron chi connectivity index (χ3n) is 4.62. The molecule has 3 aromatic heterocycles. The van der Waals surface area contributed by atoms with Crippen LogP contribution in [-0.4, -0.2) is 48.8 Å². The Kier molecular flexibility index (Phi) is 5.09. The van der Waals surface area contributed by atoms with Crippen LogP contribution in [0.25, 0.3) is 6.08 Å². The first-order valence-electron chi connectivity index (χ1n) is 9.16. The molecular formula is C20H21N7O. The summed E-state index contributed by atoms with van der Waals surface area (Å²) in [5.74, 6) is 2.33. The zero-order chi connectivity index (χ0) is 19.3. The molecule has 28 heavy (non-hydrogen) atoms. The average molecular weight is 375 g/mol. The number of nitrogens with one attached hydrogen (secondary N) is 2. The highest BCUT2D eigenvalue weighted by atomic mass is 16.2. The fraction of sp³-hybridized carbons (Fsp3) is 0.250. The summed E-state index contributed by atoms with van der Waals surface area (Å²) in [4.78, 5) is 34.5. The van der Waals surface area contributed by atoms with Crippen molar-refractivity contribution in [3.63, 3.8) is 0 Å². The molecule has 0 bridgehead atoms.